The van der Waals surface area contributed by atoms with Gasteiger partial charge in [0.2, 0.25) is 11.8 Å². The molecule has 1 aliphatic rings. The maximum atomic E-state index is 14.1. The predicted octanol–water partition coefficient (Wildman–Crippen LogP) is 5.90. The van der Waals surface area contributed by atoms with Crippen molar-refractivity contribution in [3.63, 3.8) is 0 Å². The van der Waals surface area contributed by atoms with E-state index in [1.54, 1.807) is 35.2 Å². The van der Waals surface area contributed by atoms with Crippen molar-refractivity contribution < 1.29 is 18.4 Å². The van der Waals surface area contributed by atoms with Gasteiger partial charge in [0, 0.05) is 24.8 Å². The number of rotatable bonds is 11. The molecule has 2 amide bonds. The summed E-state index contributed by atoms with van der Waals surface area (Å²) >= 11 is 1.32. The third kappa shape index (κ3) is 7.89. The van der Waals surface area contributed by atoms with Crippen molar-refractivity contribution in [2.45, 2.75) is 56.5 Å². The van der Waals surface area contributed by atoms with Crippen LogP contribution in [0.4, 0.5) is 8.78 Å². The molecule has 1 aliphatic carbocycles. The van der Waals surface area contributed by atoms with Crippen LogP contribution in [0.1, 0.15) is 42.4 Å². The van der Waals surface area contributed by atoms with Crippen LogP contribution in [0.25, 0.3) is 0 Å². The zero-order chi connectivity index (χ0) is 26.0. The molecule has 0 aromatic heterocycles. The molecule has 0 saturated heterocycles. The molecule has 1 fully saturated rings. The maximum absolute atomic E-state index is 14.1. The number of hydrogen-bond acceptors (Lipinski definition) is 3. The molecule has 7 heteroatoms. The fourth-order valence-corrected chi connectivity index (χ4v) is 5.55. The van der Waals surface area contributed by atoms with Crippen LogP contribution in [0.5, 0.6) is 0 Å². The summed E-state index contributed by atoms with van der Waals surface area (Å²) in [6.07, 6.45) is 4.41. The molecule has 1 N–H and O–H groups in total. The molecule has 0 bridgehead atoms. The number of carbonyl (C=O) groups excluding carboxylic acids is 2. The van der Waals surface area contributed by atoms with Crippen molar-refractivity contribution in [1.29, 1.82) is 0 Å². The van der Waals surface area contributed by atoms with E-state index in [1.165, 1.54) is 30.0 Å². The fourth-order valence-electron chi connectivity index (χ4n) is 4.65. The molecule has 3 aromatic carbocycles. The van der Waals surface area contributed by atoms with E-state index in [0.717, 1.165) is 36.8 Å². The van der Waals surface area contributed by atoms with E-state index in [2.05, 4.69) is 5.32 Å². The highest BCUT2D eigenvalue weighted by Crippen LogP contribution is 2.22. The summed E-state index contributed by atoms with van der Waals surface area (Å²) in [6, 6.07) is 21.5. The topological polar surface area (TPSA) is 49.4 Å². The smallest absolute Gasteiger partial charge is 0.243 e. The molecule has 194 valence electrons. The van der Waals surface area contributed by atoms with Crippen molar-refractivity contribution in [1.82, 2.24) is 10.2 Å². The van der Waals surface area contributed by atoms with Crippen LogP contribution in [0.2, 0.25) is 0 Å². The Morgan fingerprint density at radius 2 is 1.57 bits per heavy atom. The Hall–Kier alpha value is -3.19. The van der Waals surface area contributed by atoms with Gasteiger partial charge in [-0.2, -0.15) is 0 Å². The first-order valence-electron chi connectivity index (χ1n) is 12.7. The summed E-state index contributed by atoms with van der Waals surface area (Å²) < 4.78 is 27.6. The lowest BCUT2D eigenvalue weighted by Gasteiger charge is -2.32. The van der Waals surface area contributed by atoms with E-state index in [9.17, 15) is 18.4 Å². The molecule has 0 heterocycles. The number of benzene rings is 3. The van der Waals surface area contributed by atoms with Gasteiger partial charge in [-0.3, -0.25) is 9.59 Å². The molecule has 1 atom stereocenters. The van der Waals surface area contributed by atoms with E-state index in [-0.39, 0.29) is 41.8 Å². The van der Waals surface area contributed by atoms with Gasteiger partial charge in [-0.15, -0.1) is 11.8 Å². The standard InChI is InChI=1S/C30H32F2N2O2S/c31-25-16-14-23(15-17-25)19-34(29(35)21-37-20-24-10-4-7-13-27(24)32)28(18-22-8-2-1-3-9-22)30(36)33-26-11-5-6-12-26/h1-4,7-10,13-17,26,28H,5-6,11-12,18-21H2,(H,33,36). The number of halogens is 2. The minimum Gasteiger partial charge on any atom is -0.352 e. The Labute approximate surface area is 221 Å². The van der Waals surface area contributed by atoms with Gasteiger partial charge in [-0.25, -0.2) is 8.78 Å². The SMILES string of the molecule is O=C(NC1CCCC1)C(Cc1ccccc1)N(Cc1ccc(F)cc1)C(=O)CSCc1ccccc1F. The van der Waals surface area contributed by atoms with Gasteiger partial charge in [0.25, 0.3) is 0 Å². The monoisotopic (exact) mass is 522 g/mol. The Balaban J connectivity index is 1.56. The highest BCUT2D eigenvalue weighted by Gasteiger charge is 2.32. The van der Waals surface area contributed by atoms with Crippen LogP contribution in [0, 0.1) is 11.6 Å². The van der Waals surface area contributed by atoms with Crippen LogP contribution < -0.4 is 5.32 Å². The zero-order valence-electron chi connectivity index (χ0n) is 20.7. The zero-order valence-corrected chi connectivity index (χ0v) is 21.6. The van der Waals surface area contributed by atoms with Crippen LogP contribution in [-0.2, 0) is 28.3 Å². The van der Waals surface area contributed by atoms with Gasteiger partial charge in [-0.05, 0) is 47.7 Å². The van der Waals surface area contributed by atoms with E-state index >= 15 is 0 Å². The molecular formula is C30H32F2N2O2S. The fraction of sp³-hybridized carbons (Fsp3) is 0.333. The van der Waals surface area contributed by atoms with Crippen LogP contribution >= 0.6 is 11.8 Å². The Bertz CT molecular complexity index is 1170. The number of nitrogens with zero attached hydrogens (tertiary/aromatic N) is 1. The maximum Gasteiger partial charge on any atom is 0.243 e. The average molecular weight is 523 g/mol. The van der Waals surface area contributed by atoms with Crippen LogP contribution in [0.15, 0.2) is 78.9 Å². The summed E-state index contributed by atoms with van der Waals surface area (Å²) in [7, 11) is 0. The first kappa shape index (κ1) is 26.9. The highest BCUT2D eigenvalue weighted by atomic mass is 32.2. The number of nitrogens with one attached hydrogen (secondary N) is 1. The number of amides is 2. The molecule has 1 saturated carbocycles. The quantitative estimate of drug-likeness (QED) is 0.341. The number of thioether (sulfide) groups is 1. The Kier molecular flexibility index (Phi) is 9.71. The lowest BCUT2D eigenvalue weighted by molar-refractivity contribution is -0.139. The molecule has 0 spiro atoms. The van der Waals surface area contributed by atoms with Crippen molar-refractivity contribution in [3.05, 3.63) is 107 Å². The normalized spacial score (nSPS) is 14.3. The average Bonchev–Trinajstić information content (AvgIpc) is 3.42. The van der Waals surface area contributed by atoms with Gasteiger partial charge in [0.05, 0.1) is 5.75 Å². The summed E-state index contributed by atoms with van der Waals surface area (Å²) in [4.78, 5) is 28.8. The van der Waals surface area contributed by atoms with Gasteiger partial charge >= 0.3 is 0 Å². The van der Waals surface area contributed by atoms with Crippen LogP contribution in [-0.4, -0.2) is 34.6 Å². The number of hydrogen-bond donors (Lipinski definition) is 1. The van der Waals surface area contributed by atoms with Crippen molar-refractivity contribution in [2.24, 2.45) is 0 Å². The van der Waals surface area contributed by atoms with Gasteiger partial charge in [-0.1, -0.05) is 73.5 Å². The first-order chi connectivity index (χ1) is 18.0. The molecule has 1 unspecified atom stereocenters. The Morgan fingerprint density at radius 3 is 2.27 bits per heavy atom. The van der Waals surface area contributed by atoms with Gasteiger partial charge in [0.1, 0.15) is 17.7 Å². The summed E-state index contributed by atoms with van der Waals surface area (Å²) in [5.74, 6) is -0.610. The Morgan fingerprint density at radius 1 is 0.892 bits per heavy atom. The van der Waals surface area contributed by atoms with E-state index in [1.807, 2.05) is 30.3 Å². The second kappa shape index (κ2) is 13.4. The molecule has 3 aromatic rings. The molecular weight excluding hydrogens is 490 g/mol. The number of carbonyl (C=O) groups is 2. The summed E-state index contributed by atoms with van der Waals surface area (Å²) in [6.45, 7) is 0.176. The molecule has 4 nitrogen and oxygen atoms in total. The largest absolute Gasteiger partial charge is 0.352 e. The third-order valence-corrected chi connectivity index (χ3v) is 7.65. The summed E-state index contributed by atoms with van der Waals surface area (Å²) in [5.41, 5.74) is 2.22. The highest BCUT2D eigenvalue weighted by molar-refractivity contribution is 7.99. The van der Waals surface area contributed by atoms with E-state index in [4.69, 9.17) is 0 Å². The van der Waals surface area contributed by atoms with E-state index in [0.29, 0.717) is 17.7 Å². The van der Waals surface area contributed by atoms with Gasteiger partial charge in [0.15, 0.2) is 0 Å². The predicted molar refractivity (Wildman–Crippen MR) is 144 cm³/mol. The minimum absolute atomic E-state index is 0.0948. The molecule has 0 radical (unpaired) electrons. The van der Waals surface area contributed by atoms with Crippen molar-refractivity contribution in [3.8, 4) is 0 Å². The first-order valence-corrected chi connectivity index (χ1v) is 13.8. The lowest BCUT2D eigenvalue weighted by atomic mass is 10.0. The molecule has 37 heavy (non-hydrogen) atoms. The third-order valence-electron chi connectivity index (χ3n) is 6.68. The van der Waals surface area contributed by atoms with Crippen molar-refractivity contribution in [2.75, 3.05) is 5.75 Å². The molecule has 0 aliphatic heterocycles. The second-order valence-corrected chi connectivity index (χ2v) is 10.4. The van der Waals surface area contributed by atoms with Crippen LogP contribution in [0.3, 0.4) is 0 Å². The minimum atomic E-state index is -0.727. The lowest BCUT2D eigenvalue weighted by Crippen LogP contribution is -2.52. The second-order valence-electron chi connectivity index (χ2n) is 9.43. The van der Waals surface area contributed by atoms with E-state index < -0.39 is 6.04 Å². The van der Waals surface area contributed by atoms with Crippen molar-refractivity contribution >= 4 is 23.6 Å². The van der Waals surface area contributed by atoms with Gasteiger partial charge < -0.3 is 10.2 Å². The molecule has 4 rings (SSSR count). The summed E-state index contributed by atoms with van der Waals surface area (Å²) in [5, 5.41) is 3.17.